The highest BCUT2D eigenvalue weighted by Gasteiger charge is 2.49. The van der Waals surface area contributed by atoms with E-state index < -0.39 is 16.1 Å². The maximum Gasteiger partial charge on any atom is 0.184 e. The lowest BCUT2D eigenvalue weighted by Crippen LogP contribution is -2.76. The van der Waals surface area contributed by atoms with Crippen LogP contribution in [-0.2, 0) is 7.05 Å². The fraction of sp³-hybridized carbons (Fsp3) is 0.0164. The van der Waals surface area contributed by atoms with Crippen LogP contribution in [0.2, 0.25) is 0 Å². The van der Waals surface area contributed by atoms with Crippen molar-refractivity contribution < 1.29 is 0 Å². The average Bonchev–Trinajstić information content (AvgIpc) is 3.93. The molecule has 0 aliphatic carbocycles. The molecule has 68 heavy (non-hydrogen) atoms. The second kappa shape index (κ2) is 16.2. The van der Waals surface area contributed by atoms with E-state index in [1.54, 1.807) is 0 Å². The molecule has 12 aromatic rings. The molecule has 0 amide bonds. The quantitative estimate of drug-likeness (QED) is 0.113. The summed E-state index contributed by atoms with van der Waals surface area (Å²) in [6, 6.07) is 90.5. The number of fused-ring (bicyclic) bond motifs is 7. The van der Waals surface area contributed by atoms with Crippen LogP contribution in [0.3, 0.4) is 0 Å². The van der Waals surface area contributed by atoms with Crippen LogP contribution in [0.1, 0.15) is 0 Å². The van der Waals surface area contributed by atoms with E-state index in [0.29, 0.717) is 0 Å². The lowest BCUT2D eigenvalue weighted by molar-refractivity contribution is 0.959. The SMILES string of the molecule is Cn1c(-c2cccc([Si](c3ccccc3)(c3ccccc3)c3ccc4c5ccc6c(c5n(-c5ccccn5)c4c3)[Si](c3ccccc3)(c3ccccc3)c3ccccc3S6)c2)nc2ccccc21. The van der Waals surface area contributed by atoms with E-state index in [1.807, 2.05) is 24.0 Å². The molecule has 4 nitrogen and oxygen atoms in total. The zero-order valence-corrected chi connectivity index (χ0v) is 40.2. The maximum atomic E-state index is 5.22. The van der Waals surface area contributed by atoms with Crippen LogP contribution in [0.5, 0.6) is 0 Å². The molecule has 0 fully saturated rings. The van der Waals surface area contributed by atoms with Crippen molar-refractivity contribution in [1.29, 1.82) is 0 Å². The lowest BCUT2D eigenvalue weighted by atomic mass is 10.1. The number of benzene rings is 9. The highest BCUT2D eigenvalue weighted by molar-refractivity contribution is 8.00. The minimum Gasteiger partial charge on any atom is -0.327 e. The smallest absolute Gasteiger partial charge is 0.184 e. The number of imidazole rings is 1. The number of rotatable bonds is 8. The molecule has 1 aliphatic heterocycles. The molecule has 7 heteroatoms. The summed E-state index contributed by atoms with van der Waals surface area (Å²) >= 11 is 1.90. The van der Waals surface area contributed by atoms with E-state index in [1.165, 1.54) is 67.6 Å². The maximum absolute atomic E-state index is 5.22. The summed E-state index contributed by atoms with van der Waals surface area (Å²) in [5.41, 5.74) is 5.58. The molecular formula is C61H44N4SSi2. The predicted octanol–water partition coefficient (Wildman–Crippen LogP) is 8.95. The van der Waals surface area contributed by atoms with Crippen LogP contribution in [-0.4, -0.2) is 35.2 Å². The number of hydrogen-bond acceptors (Lipinski definition) is 3. The molecule has 3 aromatic heterocycles. The molecule has 4 heterocycles. The van der Waals surface area contributed by atoms with Crippen molar-refractivity contribution in [3.63, 3.8) is 0 Å². The molecule has 9 aromatic carbocycles. The summed E-state index contributed by atoms with van der Waals surface area (Å²) in [5, 5.41) is 13.2. The van der Waals surface area contributed by atoms with Crippen LogP contribution >= 0.6 is 11.8 Å². The third-order valence-corrected chi connectivity index (χ3v) is 25.4. The van der Waals surface area contributed by atoms with Gasteiger partial charge in [-0.3, -0.25) is 4.57 Å². The van der Waals surface area contributed by atoms with E-state index >= 15 is 0 Å². The van der Waals surface area contributed by atoms with Crippen molar-refractivity contribution in [1.82, 2.24) is 19.1 Å². The Bertz CT molecular complexity index is 3760. The molecule has 0 bridgehead atoms. The van der Waals surface area contributed by atoms with Crippen molar-refractivity contribution in [3.05, 3.63) is 249 Å². The van der Waals surface area contributed by atoms with Crippen LogP contribution in [0.15, 0.2) is 259 Å². The fourth-order valence-electron chi connectivity index (χ4n) is 11.4. The van der Waals surface area contributed by atoms with E-state index in [-0.39, 0.29) is 0 Å². The minimum absolute atomic E-state index is 0.904. The number of aryl methyl sites for hydroxylation is 1. The molecule has 0 atom stereocenters. The van der Waals surface area contributed by atoms with Gasteiger partial charge in [-0.1, -0.05) is 212 Å². The Hall–Kier alpha value is -7.82. The Morgan fingerprint density at radius 2 is 1.07 bits per heavy atom. The molecule has 0 saturated heterocycles. The largest absolute Gasteiger partial charge is 0.327 e. The van der Waals surface area contributed by atoms with Crippen molar-refractivity contribution in [3.8, 4) is 17.2 Å². The molecule has 0 unspecified atom stereocenters. The molecule has 13 rings (SSSR count). The first-order valence-electron chi connectivity index (χ1n) is 23.2. The standard InChI is InChI=1S/C61H44N4SSi2/c1-64-53-32-15-14-31-52(53)63-61(64)43-21-20-30-48(41-43)67(44-22-6-2-7-23-44,45-24-8-3-9-25-45)49-36-37-50-51-38-39-56-60(59(51)65(54(50)42-49)58-35-18-19-40-62-58)68(46-26-10-4-11-27-46,47-28-12-5-13-29-47)57-34-17-16-33-55(57)66-56/h2-42H,1H3. The molecule has 0 spiro atoms. The first kappa shape index (κ1) is 40.5. The molecule has 0 saturated carbocycles. The summed E-state index contributed by atoms with van der Waals surface area (Å²) < 4.78 is 4.74. The van der Waals surface area contributed by atoms with Gasteiger partial charge in [0.05, 0.1) is 22.1 Å². The van der Waals surface area contributed by atoms with Gasteiger partial charge in [0.15, 0.2) is 16.1 Å². The molecule has 0 N–H and O–H groups in total. The van der Waals surface area contributed by atoms with Gasteiger partial charge in [0, 0.05) is 39.4 Å². The Morgan fingerprint density at radius 3 is 1.76 bits per heavy atom. The Morgan fingerprint density at radius 1 is 0.471 bits per heavy atom. The Labute approximate surface area is 401 Å². The molecular weight excluding hydrogens is 877 g/mol. The number of para-hydroxylation sites is 2. The van der Waals surface area contributed by atoms with Gasteiger partial charge in [-0.05, 0) is 84.0 Å². The Kier molecular flexibility index (Phi) is 9.64. The van der Waals surface area contributed by atoms with Gasteiger partial charge in [-0.25, -0.2) is 9.97 Å². The average molecular weight is 921 g/mol. The van der Waals surface area contributed by atoms with Crippen molar-refractivity contribution in [2.45, 2.75) is 9.79 Å². The first-order valence-corrected chi connectivity index (χ1v) is 28.0. The first-order chi connectivity index (χ1) is 33.7. The third kappa shape index (κ3) is 5.99. The summed E-state index contributed by atoms with van der Waals surface area (Å²) in [4.78, 5) is 13.0. The highest BCUT2D eigenvalue weighted by atomic mass is 32.2. The molecule has 1 aliphatic rings. The van der Waals surface area contributed by atoms with Gasteiger partial charge in [0.25, 0.3) is 0 Å². The number of hydrogen-bond donors (Lipinski definition) is 0. The summed E-state index contributed by atoms with van der Waals surface area (Å²) in [5.74, 6) is 1.86. The highest BCUT2D eigenvalue weighted by Crippen LogP contribution is 2.40. The van der Waals surface area contributed by atoms with Crippen LogP contribution < -0.4 is 41.5 Å². The van der Waals surface area contributed by atoms with Crippen LogP contribution in [0.25, 0.3) is 50.0 Å². The molecule has 0 radical (unpaired) electrons. The van der Waals surface area contributed by atoms with Crippen LogP contribution in [0.4, 0.5) is 0 Å². The van der Waals surface area contributed by atoms with Crippen molar-refractivity contribution in [2.24, 2.45) is 7.05 Å². The van der Waals surface area contributed by atoms with E-state index in [4.69, 9.17) is 9.97 Å². The van der Waals surface area contributed by atoms with Gasteiger partial charge in [-0.15, -0.1) is 0 Å². The predicted molar refractivity (Wildman–Crippen MR) is 290 cm³/mol. The van der Waals surface area contributed by atoms with Crippen molar-refractivity contribution in [2.75, 3.05) is 0 Å². The zero-order chi connectivity index (χ0) is 45.2. The number of pyridine rings is 1. The number of nitrogens with zero attached hydrogens (tertiary/aromatic N) is 4. The van der Waals surface area contributed by atoms with Crippen LogP contribution in [0, 0.1) is 0 Å². The van der Waals surface area contributed by atoms with Gasteiger partial charge < -0.3 is 4.57 Å². The normalized spacial score (nSPS) is 13.1. The van der Waals surface area contributed by atoms with E-state index in [9.17, 15) is 0 Å². The topological polar surface area (TPSA) is 35.6 Å². The monoisotopic (exact) mass is 920 g/mol. The summed E-state index contributed by atoms with van der Waals surface area (Å²) in [7, 11) is -3.96. The van der Waals surface area contributed by atoms with Crippen molar-refractivity contribution >= 4 is 102 Å². The minimum atomic E-state index is -3.09. The Balaban J connectivity index is 1.17. The van der Waals surface area contributed by atoms with Gasteiger partial charge in [-0.2, -0.15) is 0 Å². The lowest BCUT2D eigenvalue weighted by Gasteiger charge is -2.40. The second-order valence-corrected chi connectivity index (χ2v) is 26.3. The van der Waals surface area contributed by atoms with Gasteiger partial charge in [0.2, 0.25) is 0 Å². The summed E-state index contributed by atoms with van der Waals surface area (Å²) in [6.07, 6.45) is 1.94. The second-order valence-electron chi connectivity index (χ2n) is 17.7. The summed E-state index contributed by atoms with van der Waals surface area (Å²) in [6.45, 7) is 0. The fourth-order valence-corrected chi connectivity index (χ4v) is 23.4. The van der Waals surface area contributed by atoms with Gasteiger partial charge in [0.1, 0.15) is 11.6 Å². The molecule has 322 valence electrons. The van der Waals surface area contributed by atoms with Gasteiger partial charge >= 0.3 is 0 Å². The van der Waals surface area contributed by atoms with E-state index in [2.05, 4.69) is 253 Å². The van der Waals surface area contributed by atoms with E-state index in [0.717, 1.165) is 33.8 Å². The third-order valence-electron chi connectivity index (χ3n) is 14.3. The number of aromatic nitrogens is 4. The zero-order valence-electron chi connectivity index (χ0n) is 37.4.